The van der Waals surface area contributed by atoms with E-state index < -0.39 is 0 Å². The number of rotatable bonds is 4. The van der Waals surface area contributed by atoms with Crippen molar-refractivity contribution in [2.24, 2.45) is 11.7 Å². The molecule has 0 aromatic heterocycles. The second kappa shape index (κ2) is 4.97. The minimum Gasteiger partial charge on any atom is -0.255 e. The molecule has 1 aromatic carbocycles. The van der Waals surface area contributed by atoms with Crippen molar-refractivity contribution in [3.63, 3.8) is 0 Å². The predicted molar refractivity (Wildman–Crippen MR) is 54.4 cm³/mol. The second-order valence-corrected chi connectivity index (χ2v) is 3.19. The maximum atomic E-state index is 5.40. The molecule has 72 valence electrons. The average Bonchev–Trinajstić information content (AvgIpc) is 2.08. The number of benzene rings is 1. The molecule has 4 N–H and O–H groups in total. The van der Waals surface area contributed by atoms with Crippen LogP contribution in [0.3, 0.4) is 0 Å². The Hall–Kier alpha value is -0.900. The van der Waals surface area contributed by atoms with Crippen molar-refractivity contribution in [1.29, 1.82) is 0 Å². The van der Waals surface area contributed by atoms with Crippen molar-refractivity contribution in [3.05, 3.63) is 35.4 Å². The van der Waals surface area contributed by atoms with Gasteiger partial charge in [0, 0.05) is 0 Å². The Labute approximate surface area is 79.3 Å². The van der Waals surface area contributed by atoms with Gasteiger partial charge in [0.1, 0.15) is 0 Å². The zero-order valence-corrected chi connectivity index (χ0v) is 8.03. The van der Waals surface area contributed by atoms with E-state index in [0.717, 1.165) is 12.8 Å². The van der Waals surface area contributed by atoms with Crippen LogP contribution in [0.1, 0.15) is 24.5 Å². The second-order valence-electron chi connectivity index (χ2n) is 3.19. The summed E-state index contributed by atoms with van der Waals surface area (Å²) in [5.41, 5.74) is 2.56. The highest BCUT2D eigenvalue weighted by atomic mass is 15.6. The third kappa shape index (κ3) is 3.14. The molecule has 0 bridgehead atoms. The minimum atomic E-state index is 0.607. The van der Waals surface area contributed by atoms with Gasteiger partial charge < -0.3 is 0 Å². The molecule has 0 aliphatic carbocycles. The lowest BCUT2D eigenvalue weighted by molar-refractivity contribution is 0.284. The van der Waals surface area contributed by atoms with E-state index in [4.69, 9.17) is 11.7 Å². The fourth-order valence-corrected chi connectivity index (χ4v) is 1.42. The van der Waals surface area contributed by atoms with Gasteiger partial charge in [0.15, 0.2) is 0 Å². The highest BCUT2D eigenvalue weighted by molar-refractivity contribution is 5.26. The maximum absolute atomic E-state index is 5.40. The topological polar surface area (TPSA) is 55.3 Å². The minimum absolute atomic E-state index is 0.607. The van der Waals surface area contributed by atoms with Crippen LogP contribution in [0.5, 0.6) is 0 Å². The molecular weight excluding hydrogens is 162 g/mol. The van der Waals surface area contributed by atoms with Crippen molar-refractivity contribution in [3.8, 4) is 0 Å². The van der Waals surface area contributed by atoms with Crippen molar-refractivity contribution >= 4 is 0 Å². The van der Waals surface area contributed by atoms with Gasteiger partial charge in [-0.3, -0.25) is 11.7 Å². The Balaban J connectivity index is 2.78. The molecule has 0 fully saturated rings. The van der Waals surface area contributed by atoms with Crippen LogP contribution in [0.15, 0.2) is 24.3 Å². The van der Waals surface area contributed by atoms with Crippen LogP contribution in [0.4, 0.5) is 0 Å². The van der Waals surface area contributed by atoms with Crippen LogP contribution >= 0.6 is 0 Å². The zero-order chi connectivity index (χ0) is 9.68. The lowest BCUT2D eigenvalue weighted by Gasteiger charge is -2.12. The summed E-state index contributed by atoms with van der Waals surface area (Å²) in [6, 6.07) is 8.25. The molecule has 1 aromatic rings. The van der Waals surface area contributed by atoms with Gasteiger partial charge in [-0.05, 0) is 17.5 Å². The summed E-state index contributed by atoms with van der Waals surface area (Å²) < 4.78 is 0. The molecular formula is C10H17N3. The van der Waals surface area contributed by atoms with E-state index in [0.29, 0.717) is 6.54 Å². The first kappa shape index (κ1) is 10.2. The summed E-state index contributed by atoms with van der Waals surface area (Å²) in [5.74, 6) is 10.8. The summed E-state index contributed by atoms with van der Waals surface area (Å²) in [6.45, 7) is 2.77. The summed E-state index contributed by atoms with van der Waals surface area (Å²) in [6.07, 6.45) is 2.23. The van der Waals surface area contributed by atoms with Gasteiger partial charge in [-0.25, -0.2) is 0 Å². The van der Waals surface area contributed by atoms with Crippen LogP contribution in [-0.4, -0.2) is 5.12 Å². The normalized spacial score (nSPS) is 10.8. The lowest BCUT2D eigenvalue weighted by atomic mass is 10.0. The number of hydrogen-bond donors (Lipinski definition) is 2. The van der Waals surface area contributed by atoms with Crippen LogP contribution < -0.4 is 11.7 Å². The molecule has 13 heavy (non-hydrogen) atoms. The first-order valence-electron chi connectivity index (χ1n) is 4.57. The molecule has 1 rings (SSSR count). The molecule has 0 spiro atoms. The number of hydrazine groups is 2. The standard InChI is InChI=1S/C10H17N3/c1-2-5-9-6-3-4-7-10(9)8-13(11)12/h3-4,6-7H,2,5,8,11-12H2,1H3. The Morgan fingerprint density at radius 2 is 1.77 bits per heavy atom. The van der Waals surface area contributed by atoms with E-state index >= 15 is 0 Å². The summed E-state index contributed by atoms with van der Waals surface area (Å²) in [5, 5.41) is 1.22. The van der Waals surface area contributed by atoms with Gasteiger partial charge in [0.2, 0.25) is 0 Å². The molecule has 0 atom stereocenters. The van der Waals surface area contributed by atoms with Crippen molar-refractivity contribution in [2.45, 2.75) is 26.3 Å². The number of nitrogens with zero attached hydrogens (tertiary/aromatic N) is 1. The van der Waals surface area contributed by atoms with E-state index in [2.05, 4.69) is 19.1 Å². The van der Waals surface area contributed by atoms with Crippen LogP contribution in [0, 0.1) is 0 Å². The fraction of sp³-hybridized carbons (Fsp3) is 0.400. The van der Waals surface area contributed by atoms with E-state index in [1.54, 1.807) is 0 Å². The van der Waals surface area contributed by atoms with E-state index in [1.165, 1.54) is 16.2 Å². The Morgan fingerprint density at radius 1 is 1.15 bits per heavy atom. The number of aryl methyl sites for hydroxylation is 1. The molecule has 0 saturated carbocycles. The molecule has 3 nitrogen and oxygen atoms in total. The predicted octanol–water partition coefficient (Wildman–Crippen LogP) is 1.19. The highest BCUT2D eigenvalue weighted by Crippen LogP contribution is 2.11. The smallest absolute Gasteiger partial charge is 0.0536 e. The Bertz CT molecular complexity index is 258. The first-order valence-corrected chi connectivity index (χ1v) is 4.57. The molecule has 0 amide bonds. The van der Waals surface area contributed by atoms with Gasteiger partial charge in [-0.2, -0.15) is 5.12 Å². The van der Waals surface area contributed by atoms with Crippen molar-refractivity contribution < 1.29 is 0 Å². The van der Waals surface area contributed by atoms with Gasteiger partial charge in [0.25, 0.3) is 0 Å². The van der Waals surface area contributed by atoms with Gasteiger partial charge in [0.05, 0.1) is 6.54 Å². The molecule has 0 radical (unpaired) electrons. The largest absolute Gasteiger partial charge is 0.255 e. The summed E-state index contributed by atoms with van der Waals surface area (Å²) in [7, 11) is 0. The SMILES string of the molecule is CCCc1ccccc1CN(N)N. The molecule has 0 aliphatic rings. The number of hydrogen-bond acceptors (Lipinski definition) is 3. The third-order valence-electron chi connectivity index (χ3n) is 1.99. The monoisotopic (exact) mass is 179 g/mol. The average molecular weight is 179 g/mol. The van der Waals surface area contributed by atoms with Crippen molar-refractivity contribution in [2.75, 3.05) is 0 Å². The zero-order valence-electron chi connectivity index (χ0n) is 8.03. The van der Waals surface area contributed by atoms with E-state index in [-0.39, 0.29) is 0 Å². The summed E-state index contributed by atoms with van der Waals surface area (Å²) in [4.78, 5) is 0. The lowest BCUT2D eigenvalue weighted by Crippen LogP contribution is -2.37. The quantitative estimate of drug-likeness (QED) is 0.539. The molecule has 0 unspecified atom stereocenters. The summed E-state index contributed by atoms with van der Waals surface area (Å²) >= 11 is 0. The van der Waals surface area contributed by atoms with Crippen molar-refractivity contribution in [1.82, 2.24) is 5.12 Å². The fourth-order valence-electron chi connectivity index (χ4n) is 1.42. The molecule has 0 heterocycles. The highest BCUT2D eigenvalue weighted by Gasteiger charge is 2.01. The van der Waals surface area contributed by atoms with E-state index in [9.17, 15) is 0 Å². The van der Waals surface area contributed by atoms with E-state index in [1.807, 2.05) is 12.1 Å². The maximum Gasteiger partial charge on any atom is 0.0536 e. The van der Waals surface area contributed by atoms with Crippen LogP contribution in [0.25, 0.3) is 0 Å². The van der Waals surface area contributed by atoms with Gasteiger partial charge in [-0.15, -0.1) is 0 Å². The Morgan fingerprint density at radius 3 is 2.31 bits per heavy atom. The molecule has 3 heteroatoms. The molecule has 0 saturated heterocycles. The third-order valence-corrected chi connectivity index (χ3v) is 1.99. The molecule has 0 aliphatic heterocycles. The van der Waals surface area contributed by atoms with Gasteiger partial charge in [-0.1, -0.05) is 37.6 Å². The number of nitrogens with two attached hydrogens (primary N) is 2. The Kier molecular flexibility index (Phi) is 3.89. The first-order chi connectivity index (χ1) is 6.24. The van der Waals surface area contributed by atoms with Crippen LogP contribution in [0.2, 0.25) is 0 Å². The van der Waals surface area contributed by atoms with Crippen LogP contribution in [-0.2, 0) is 13.0 Å². The van der Waals surface area contributed by atoms with Gasteiger partial charge >= 0.3 is 0 Å².